The minimum atomic E-state index is -0.363. The van der Waals surface area contributed by atoms with E-state index in [1.54, 1.807) is 13.0 Å². The van der Waals surface area contributed by atoms with Crippen LogP contribution in [0.4, 0.5) is 4.39 Å². The normalized spacial score (nSPS) is 17.1. The van der Waals surface area contributed by atoms with Crippen molar-refractivity contribution in [3.8, 4) is 0 Å². The van der Waals surface area contributed by atoms with Crippen LogP contribution in [0.5, 0.6) is 0 Å². The maximum Gasteiger partial charge on any atom is 0.251 e. The molecule has 1 fully saturated rings. The lowest BCUT2D eigenvalue weighted by molar-refractivity contribution is 0.0921. The van der Waals surface area contributed by atoms with E-state index in [0.29, 0.717) is 12.1 Å². The zero-order chi connectivity index (χ0) is 13.9. The molecule has 1 aliphatic rings. The number of benzene rings is 1. The first-order valence-electron chi connectivity index (χ1n) is 6.75. The molecule has 0 bridgehead atoms. The molecule has 3 nitrogen and oxygen atoms in total. The highest BCUT2D eigenvalue weighted by atomic mass is 35.5. The van der Waals surface area contributed by atoms with Crippen LogP contribution in [0.1, 0.15) is 35.7 Å². The Morgan fingerprint density at radius 1 is 1.35 bits per heavy atom. The van der Waals surface area contributed by atoms with Gasteiger partial charge in [0.2, 0.25) is 0 Å². The quantitative estimate of drug-likeness (QED) is 0.901. The second kappa shape index (κ2) is 7.04. The summed E-state index contributed by atoms with van der Waals surface area (Å²) in [5, 5.41) is 6.24. The molecule has 20 heavy (non-hydrogen) atoms. The number of carbonyl (C=O) groups excluding carboxylic acids is 1. The molecule has 0 aliphatic carbocycles. The molecule has 0 spiro atoms. The number of hydrogen-bond acceptors (Lipinski definition) is 2. The van der Waals surface area contributed by atoms with Crippen LogP contribution >= 0.6 is 12.4 Å². The number of piperidine rings is 1. The molecule has 5 heteroatoms. The summed E-state index contributed by atoms with van der Waals surface area (Å²) in [4.78, 5) is 12.0. The molecular weight excluding hydrogens is 279 g/mol. The minimum absolute atomic E-state index is 0. The van der Waals surface area contributed by atoms with E-state index >= 15 is 0 Å². The maximum atomic E-state index is 13.3. The van der Waals surface area contributed by atoms with Gasteiger partial charge in [-0.25, -0.2) is 4.39 Å². The molecule has 1 aromatic carbocycles. The zero-order valence-corrected chi connectivity index (χ0v) is 12.8. The van der Waals surface area contributed by atoms with Crippen LogP contribution in [0.25, 0.3) is 0 Å². The highest BCUT2D eigenvalue weighted by Crippen LogP contribution is 2.26. The lowest BCUT2D eigenvalue weighted by atomic mass is 9.81. The molecule has 1 aliphatic heterocycles. The Morgan fingerprint density at radius 2 is 2.00 bits per heavy atom. The van der Waals surface area contributed by atoms with Crippen molar-refractivity contribution in [2.45, 2.75) is 26.7 Å². The van der Waals surface area contributed by atoms with Crippen molar-refractivity contribution in [2.24, 2.45) is 5.41 Å². The third-order valence-electron chi connectivity index (χ3n) is 3.79. The maximum absolute atomic E-state index is 13.3. The van der Waals surface area contributed by atoms with Gasteiger partial charge in [0.05, 0.1) is 0 Å². The fourth-order valence-corrected chi connectivity index (χ4v) is 2.47. The monoisotopic (exact) mass is 300 g/mol. The van der Waals surface area contributed by atoms with Gasteiger partial charge < -0.3 is 10.6 Å². The summed E-state index contributed by atoms with van der Waals surface area (Å²) in [5.74, 6) is -0.555. The number of hydrogen-bond donors (Lipinski definition) is 2. The summed E-state index contributed by atoms with van der Waals surface area (Å²) in [6, 6.07) is 4.42. The van der Waals surface area contributed by atoms with E-state index in [1.807, 2.05) is 0 Å². The van der Waals surface area contributed by atoms with Crippen LogP contribution in [0.2, 0.25) is 0 Å². The van der Waals surface area contributed by atoms with Gasteiger partial charge >= 0.3 is 0 Å². The molecule has 0 unspecified atom stereocenters. The van der Waals surface area contributed by atoms with E-state index in [9.17, 15) is 9.18 Å². The van der Waals surface area contributed by atoms with Crippen molar-refractivity contribution in [2.75, 3.05) is 19.6 Å². The fraction of sp³-hybridized carbons (Fsp3) is 0.533. The van der Waals surface area contributed by atoms with Gasteiger partial charge in [0.15, 0.2) is 0 Å². The summed E-state index contributed by atoms with van der Waals surface area (Å²) >= 11 is 0. The summed E-state index contributed by atoms with van der Waals surface area (Å²) in [6.07, 6.45) is 2.10. The first-order valence-corrected chi connectivity index (χ1v) is 6.75. The van der Waals surface area contributed by atoms with E-state index in [1.165, 1.54) is 12.1 Å². The van der Waals surface area contributed by atoms with Crippen LogP contribution in [0, 0.1) is 18.2 Å². The van der Waals surface area contributed by atoms with E-state index < -0.39 is 0 Å². The lowest BCUT2D eigenvalue weighted by Crippen LogP contribution is -2.42. The van der Waals surface area contributed by atoms with E-state index in [-0.39, 0.29) is 29.5 Å². The fourth-order valence-electron chi connectivity index (χ4n) is 2.47. The average Bonchev–Trinajstić information content (AvgIpc) is 2.36. The lowest BCUT2D eigenvalue weighted by Gasteiger charge is -2.34. The molecule has 112 valence electrons. The van der Waals surface area contributed by atoms with Crippen molar-refractivity contribution in [3.63, 3.8) is 0 Å². The second-order valence-corrected chi connectivity index (χ2v) is 5.76. The predicted molar refractivity (Wildman–Crippen MR) is 80.9 cm³/mol. The predicted octanol–water partition coefficient (Wildman–Crippen LogP) is 2.68. The van der Waals surface area contributed by atoms with Gasteiger partial charge in [-0.2, -0.15) is 0 Å². The highest BCUT2D eigenvalue weighted by Gasteiger charge is 2.27. The van der Waals surface area contributed by atoms with E-state index in [0.717, 1.165) is 31.5 Å². The third kappa shape index (κ3) is 4.46. The zero-order valence-electron chi connectivity index (χ0n) is 12.0. The van der Waals surface area contributed by atoms with Gasteiger partial charge in [-0.3, -0.25) is 4.79 Å². The first kappa shape index (κ1) is 16.9. The molecule has 1 aromatic rings. The Labute approximate surface area is 125 Å². The molecule has 0 aromatic heterocycles. The number of nitrogens with one attached hydrogen (secondary N) is 2. The Kier molecular flexibility index (Phi) is 5.96. The van der Waals surface area contributed by atoms with Crippen LogP contribution < -0.4 is 10.6 Å². The summed E-state index contributed by atoms with van der Waals surface area (Å²) in [5.41, 5.74) is 1.30. The van der Waals surface area contributed by atoms with E-state index in [2.05, 4.69) is 17.6 Å². The SMILES string of the molecule is Cc1cc(F)cc(C(=O)NCC2(C)CCNCC2)c1.Cl. The minimum Gasteiger partial charge on any atom is -0.351 e. The number of amides is 1. The number of carbonyl (C=O) groups is 1. The average molecular weight is 301 g/mol. The Balaban J connectivity index is 0.00000200. The number of rotatable bonds is 3. The molecule has 2 N–H and O–H groups in total. The largest absolute Gasteiger partial charge is 0.351 e. The van der Waals surface area contributed by atoms with Crippen molar-refractivity contribution >= 4 is 18.3 Å². The van der Waals surface area contributed by atoms with Gasteiger partial charge in [-0.1, -0.05) is 6.92 Å². The summed E-state index contributed by atoms with van der Waals surface area (Å²) in [7, 11) is 0. The number of aryl methyl sites for hydroxylation is 1. The van der Waals surface area contributed by atoms with Gasteiger partial charge in [-0.15, -0.1) is 12.4 Å². The molecule has 1 heterocycles. The Hall–Kier alpha value is -1.13. The van der Waals surface area contributed by atoms with Crippen LogP contribution in [-0.2, 0) is 0 Å². The molecule has 0 saturated carbocycles. The van der Waals surface area contributed by atoms with Gasteiger partial charge in [0, 0.05) is 12.1 Å². The van der Waals surface area contributed by atoms with Crippen molar-refractivity contribution < 1.29 is 9.18 Å². The summed E-state index contributed by atoms with van der Waals surface area (Å²) < 4.78 is 13.3. The Morgan fingerprint density at radius 3 is 2.60 bits per heavy atom. The molecule has 2 rings (SSSR count). The third-order valence-corrected chi connectivity index (χ3v) is 3.79. The van der Waals surface area contributed by atoms with Gasteiger partial charge in [0.25, 0.3) is 5.91 Å². The first-order chi connectivity index (χ1) is 8.98. The smallest absolute Gasteiger partial charge is 0.251 e. The van der Waals surface area contributed by atoms with Crippen molar-refractivity contribution in [1.82, 2.24) is 10.6 Å². The van der Waals surface area contributed by atoms with E-state index in [4.69, 9.17) is 0 Å². The van der Waals surface area contributed by atoms with Gasteiger partial charge in [-0.05, 0) is 62.0 Å². The van der Waals surface area contributed by atoms with Crippen molar-refractivity contribution in [3.05, 3.63) is 35.1 Å². The molecule has 1 amide bonds. The topological polar surface area (TPSA) is 41.1 Å². The second-order valence-electron chi connectivity index (χ2n) is 5.76. The van der Waals surface area contributed by atoms with Crippen LogP contribution in [0.15, 0.2) is 18.2 Å². The highest BCUT2D eigenvalue weighted by molar-refractivity contribution is 5.94. The molecule has 0 atom stereocenters. The Bertz CT molecular complexity index is 453. The number of halogens is 2. The molecule has 0 radical (unpaired) electrons. The molecular formula is C15H22ClFN2O. The van der Waals surface area contributed by atoms with Crippen LogP contribution in [-0.4, -0.2) is 25.5 Å². The van der Waals surface area contributed by atoms with Crippen LogP contribution in [0.3, 0.4) is 0 Å². The standard InChI is InChI=1S/C15H21FN2O.ClH/c1-11-7-12(9-13(16)8-11)14(19)18-10-15(2)3-5-17-6-4-15;/h7-9,17H,3-6,10H2,1-2H3,(H,18,19);1H. The molecule has 1 saturated heterocycles. The van der Waals surface area contributed by atoms with Gasteiger partial charge in [0.1, 0.15) is 5.82 Å². The van der Waals surface area contributed by atoms with Crippen molar-refractivity contribution in [1.29, 1.82) is 0 Å². The summed E-state index contributed by atoms with van der Waals surface area (Å²) in [6.45, 7) is 6.60.